The summed E-state index contributed by atoms with van der Waals surface area (Å²) in [5.74, 6) is 0.705. The number of nitrogens with one attached hydrogen (secondary N) is 2. The lowest BCUT2D eigenvalue weighted by molar-refractivity contribution is 0.109. The van der Waals surface area contributed by atoms with Gasteiger partial charge < -0.3 is 15.1 Å². The van der Waals surface area contributed by atoms with Crippen molar-refractivity contribution in [2.75, 3.05) is 25.0 Å². The van der Waals surface area contributed by atoms with Gasteiger partial charge in [-0.3, -0.25) is 10.1 Å². The lowest BCUT2D eigenvalue weighted by Gasteiger charge is -2.41. The number of likely N-dealkylation sites (tertiary alicyclic amines) is 1. The lowest BCUT2D eigenvalue weighted by atomic mass is 9.99. The Morgan fingerprint density at radius 2 is 2.12 bits per heavy atom. The van der Waals surface area contributed by atoms with Crippen LogP contribution in [0.25, 0.3) is 22.2 Å². The molecule has 2 aliphatic heterocycles. The summed E-state index contributed by atoms with van der Waals surface area (Å²) in [6.07, 6.45) is 5.24. The zero-order chi connectivity index (χ0) is 22.2. The minimum atomic E-state index is 0.0112. The van der Waals surface area contributed by atoms with Crippen molar-refractivity contribution in [2.45, 2.75) is 52.6 Å². The predicted molar refractivity (Wildman–Crippen MR) is 128 cm³/mol. The molecule has 0 radical (unpaired) electrons. The number of hydrogen-bond donors (Lipinski definition) is 2. The molecule has 2 N–H and O–H groups in total. The third-order valence-corrected chi connectivity index (χ3v) is 6.74. The maximum absolute atomic E-state index is 13.0. The van der Waals surface area contributed by atoms with E-state index in [4.69, 9.17) is 0 Å². The van der Waals surface area contributed by atoms with Gasteiger partial charge >= 0.3 is 6.03 Å². The molecular weight excluding hydrogens is 400 g/mol. The van der Waals surface area contributed by atoms with E-state index in [-0.39, 0.29) is 12.1 Å². The summed E-state index contributed by atoms with van der Waals surface area (Å²) in [5.41, 5.74) is 5.90. The van der Waals surface area contributed by atoms with Crippen LogP contribution in [-0.2, 0) is 6.54 Å². The van der Waals surface area contributed by atoms with Crippen molar-refractivity contribution in [3.8, 4) is 11.3 Å². The van der Waals surface area contributed by atoms with Crippen LogP contribution < -0.4 is 5.32 Å². The molecule has 0 unspecified atom stereocenters. The fourth-order valence-electron chi connectivity index (χ4n) is 4.94. The molecule has 2 aliphatic rings. The van der Waals surface area contributed by atoms with Crippen LogP contribution in [0.1, 0.15) is 44.4 Å². The van der Waals surface area contributed by atoms with Crippen LogP contribution in [-0.4, -0.2) is 56.7 Å². The van der Waals surface area contributed by atoms with Crippen molar-refractivity contribution in [1.82, 2.24) is 25.0 Å². The fourth-order valence-corrected chi connectivity index (χ4v) is 4.94. The second kappa shape index (κ2) is 8.54. The van der Waals surface area contributed by atoms with Crippen LogP contribution in [0.3, 0.4) is 0 Å². The van der Waals surface area contributed by atoms with Gasteiger partial charge in [-0.2, -0.15) is 5.10 Å². The monoisotopic (exact) mass is 432 g/mol. The molecule has 0 aliphatic carbocycles. The Hall–Kier alpha value is -2.93. The van der Waals surface area contributed by atoms with E-state index in [1.54, 1.807) is 0 Å². The molecule has 4 heterocycles. The Balaban J connectivity index is 1.40. The number of urea groups is 1. The molecule has 0 spiro atoms. The summed E-state index contributed by atoms with van der Waals surface area (Å²) in [4.78, 5) is 21.9. The van der Waals surface area contributed by atoms with Crippen molar-refractivity contribution in [3.63, 3.8) is 0 Å². The number of hydrogen-bond acceptors (Lipinski definition) is 4. The maximum Gasteiger partial charge on any atom is 0.322 e. The number of carbonyl (C=O) groups excluding carboxylic acids is 1. The number of pyridine rings is 1. The van der Waals surface area contributed by atoms with E-state index in [0.29, 0.717) is 12.5 Å². The Morgan fingerprint density at radius 1 is 1.25 bits per heavy atom. The molecular formula is C25H32N6O. The summed E-state index contributed by atoms with van der Waals surface area (Å²) in [6, 6.07) is 8.51. The van der Waals surface area contributed by atoms with Gasteiger partial charge in [0.25, 0.3) is 0 Å². The molecule has 2 amide bonds. The van der Waals surface area contributed by atoms with Gasteiger partial charge in [-0.15, -0.1) is 0 Å². The number of anilines is 1. The summed E-state index contributed by atoms with van der Waals surface area (Å²) >= 11 is 0. The van der Waals surface area contributed by atoms with Crippen LogP contribution in [0.4, 0.5) is 10.5 Å². The number of aromatic amines is 1. The molecule has 0 saturated carbocycles. The fraction of sp³-hybridized carbons (Fsp3) is 0.480. The molecule has 2 aromatic heterocycles. The van der Waals surface area contributed by atoms with Gasteiger partial charge in [0.05, 0.1) is 5.52 Å². The van der Waals surface area contributed by atoms with Gasteiger partial charge in [0.1, 0.15) is 5.69 Å². The van der Waals surface area contributed by atoms with Crippen LogP contribution in [0.5, 0.6) is 0 Å². The van der Waals surface area contributed by atoms with E-state index >= 15 is 0 Å². The summed E-state index contributed by atoms with van der Waals surface area (Å²) in [6.45, 7) is 10.4. The molecule has 32 heavy (non-hydrogen) atoms. The highest BCUT2D eigenvalue weighted by molar-refractivity contribution is 6.00. The van der Waals surface area contributed by atoms with Crippen molar-refractivity contribution in [3.05, 3.63) is 41.7 Å². The minimum Gasteiger partial charge on any atom is -0.316 e. The number of aryl methyl sites for hydroxylation is 1. The molecule has 0 bridgehead atoms. The number of rotatable bonds is 5. The maximum atomic E-state index is 13.0. The molecule has 1 aromatic carbocycles. The van der Waals surface area contributed by atoms with Crippen LogP contribution in [0.15, 0.2) is 30.5 Å². The molecule has 7 heteroatoms. The second-order valence-electron chi connectivity index (χ2n) is 9.65. The Bertz CT molecular complexity index is 1140. The number of nitrogens with zero attached hydrogens (tertiary/aromatic N) is 4. The van der Waals surface area contributed by atoms with E-state index in [1.165, 1.54) is 6.42 Å². The van der Waals surface area contributed by atoms with Crippen molar-refractivity contribution in [2.24, 2.45) is 5.92 Å². The zero-order valence-corrected chi connectivity index (χ0v) is 19.2. The van der Waals surface area contributed by atoms with E-state index in [2.05, 4.69) is 51.4 Å². The quantitative estimate of drug-likeness (QED) is 0.608. The van der Waals surface area contributed by atoms with Crippen molar-refractivity contribution >= 4 is 22.6 Å². The number of fused-ring (bicyclic) bond motifs is 2. The van der Waals surface area contributed by atoms with E-state index < -0.39 is 0 Å². The van der Waals surface area contributed by atoms with E-state index in [0.717, 1.165) is 71.6 Å². The highest BCUT2D eigenvalue weighted by Gasteiger charge is 2.32. The number of carbonyl (C=O) groups is 1. The zero-order valence-electron chi connectivity index (χ0n) is 19.2. The highest BCUT2D eigenvalue weighted by Crippen LogP contribution is 2.34. The largest absolute Gasteiger partial charge is 0.322 e. The third kappa shape index (κ3) is 4.09. The number of H-pyrrole nitrogens is 1. The molecule has 3 aromatic rings. The van der Waals surface area contributed by atoms with Crippen LogP contribution in [0, 0.1) is 12.8 Å². The summed E-state index contributed by atoms with van der Waals surface area (Å²) < 4.78 is 0. The van der Waals surface area contributed by atoms with Crippen LogP contribution in [0.2, 0.25) is 0 Å². The topological polar surface area (TPSA) is 77.2 Å². The Labute approximate surface area is 189 Å². The van der Waals surface area contributed by atoms with Gasteiger partial charge in [0.15, 0.2) is 0 Å². The third-order valence-electron chi connectivity index (χ3n) is 6.74. The molecule has 1 fully saturated rings. The normalized spacial score (nSPS) is 19.4. The Kier molecular flexibility index (Phi) is 5.59. The number of amides is 2. The summed E-state index contributed by atoms with van der Waals surface area (Å²) in [5, 5.41) is 11.9. The first-order chi connectivity index (χ1) is 15.5. The number of piperidine rings is 1. The van der Waals surface area contributed by atoms with E-state index in [1.807, 2.05) is 30.2 Å². The standard InChI is InChI=1S/C25H32N6O/c1-16(2)7-10-30-9-4-5-20(15-30)31-14-19-12-21-23(13-22(19)27-25(31)32)28-29-24(21)18-6-8-26-17(3)11-18/h6,8,11-13,16,20H,4-5,7,9-10,14-15H2,1-3H3,(H,27,32)(H,28,29)/t20-/m1/s1. The lowest BCUT2D eigenvalue weighted by Crippen LogP contribution is -2.52. The van der Waals surface area contributed by atoms with Crippen molar-refractivity contribution < 1.29 is 4.79 Å². The molecule has 1 saturated heterocycles. The smallest absolute Gasteiger partial charge is 0.316 e. The first-order valence-corrected chi connectivity index (χ1v) is 11.7. The number of benzene rings is 1. The number of aromatic nitrogens is 3. The van der Waals surface area contributed by atoms with E-state index in [9.17, 15) is 4.79 Å². The van der Waals surface area contributed by atoms with Gasteiger partial charge in [-0.05, 0) is 75.0 Å². The van der Waals surface area contributed by atoms with Crippen LogP contribution >= 0.6 is 0 Å². The molecule has 7 nitrogen and oxygen atoms in total. The molecule has 1 atom stereocenters. The first-order valence-electron chi connectivity index (χ1n) is 11.7. The molecule has 168 valence electrons. The van der Waals surface area contributed by atoms with Gasteiger partial charge in [-0.25, -0.2) is 4.79 Å². The first kappa shape index (κ1) is 20.9. The van der Waals surface area contributed by atoms with Gasteiger partial charge in [-0.1, -0.05) is 13.8 Å². The molecule has 5 rings (SSSR count). The second-order valence-corrected chi connectivity index (χ2v) is 9.65. The predicted octanol–water partition coefficient (Wildman–Crippen LogP) is 4.79. The average Bonchev–Trinajstić information content (AvgIpc) is 3.18. The highest BCUT2D eigenvalue weighted by atomic mass is 16.2. The van der Waals surface area contributed by atoms with Gasteiger partial charge in [0, 0.05) is 47.7 Å². The average molecular weight is 433 g/mol. The van der Waals surface area contributed by atoms with Crippen molar-refractivity contribution in [1.29, 1.82) is 0 Å². The van der Waals surface area contributed by atoms with Gasteiger partial charge in [0.2, 0.25) is 0 Å². The summed E-state index contributed by atoms with van der Waals surface area (Å²) in [7, 11) is 0. The Morgan fingerprint density at radius 3 is 2.94 bits per heavy atom. The minimum absolute atomic E-state index is 0.0112. The SMILES string of the molecule is Cc1cc(-c2n[nH]c3cc4c(cc23)CN([C@@H]2CCCN(CCC(C)C)C2)C(=O)N4)ccn1.